The molecule has 0 saturated heterocycles. The highest BCUT2D eigenvalue weighted by molar-refractivity contribution is 5.75. The SMILES string of the molecule is COc1cc(F)ccc1Oc1cc(C(C)(C)C)cc(C)c1-c1[nH]c(C)cc(=O)c1C. The van der Waals surface area contributed by atoms with Gasteiger partial charge in [-0.3, -0.25) is 4.79 Å². The largest absolute Gasteiger partial charge is 0.493 e. The molecular formula is C25H28FNO3. The molecule has 5 heteroatoms. The number of methoxy groups -OCH3 is 1. The van der Waals surface area contributed by atoms with Crippen molar-refractivity contribution in [2.75, 3.05) is 7.11 Å². The van der Waals surface area contributed by atoms with E-state index in [0.717, 1.165) is 22.4 Å². The van der Waals surface area contributed by atoms with E-state index in [-0.39, 0.29) is 10.8 Å². The lowest BCUT2D eigenvalue weighted by Gasteiger charge is -2.24. The molecule has 0 radical (unpaired) electrons. The van der Waals surface area contributed by atoms with Crippen LogP contribution in [0.25, 0.3) is 11.3 Å². The van der Waals surface area contributed by atoms with Crippen LogP contribution in [0, 0.1) is 26.6 Å². The van der Waals surface area contributed by atoms with Crippen molar-refractivity contribution in [1.29, 1.82) is 0 Å². The minimum Gasteiger partial charge on any atom is -0.493 e. The average Bonchev–Trinajstić information content (AvgIpc) is 2.65. The van der Waals surface area contributed by atoms with Gasteiger partial charge in [0, 0.05) is 29.0 Å². The molecule has 30 heavy (non-hydrogen) atoms. The Morgan fingerprint density at radius 2 is 1.63 bits per heavy atom. The number of aromatic nitrogens is 1. The highest BCUT2D eigenvalue weighted by Crippen LogP contribution is 2.42. The van der Waals surface area contributed by atoms with Crippen LogP contribution in [0.4, 0.5) is 4.39 Å². The van der Waals surface area contributed by atoms with Crippen molar-refractivity contribution >= 4 is 0 Å². The highest BCUT2D eigenvalue weighted by Gasteiger charge is 2.22. The first-order chi connectivity index (χ1) is 14.0. The number of aromatic amines is 1. The molecule has 0 unspecified atom stereocenters. The number of hydrogen-bond donors (Lipinski definition) is 1. The summed E-state index contributed by atoms with van der Waals surface area (Å²) in [5, 5.41) is 0. The van der Waals surface area contributed by atoms with Crippen LogP contribution in [0.3, 0.4) is 0 Å². The Kier molecular flexibility index (Phi) is 5.75. The van der Waals surface area contributed by atoms with Gasteiger partial charge in [-0.05, 0) is 55.5 Å². The monoisotopic (exact) mass is 409 g/mol. The molecule has 4 nitrogen and oxygen atoms in total. The van der Waals surface area contributed by atoms with E-state index in [9.17, 15) is 9.18 Å². The number of H-pyrrole nitrogens is 1. The van der Waals surface area contributed by atoms with Crippen molar-refractivity contribution in [2.45, 2.75) is 47.0 Å². The quantitative estimate of drug-likeness (QED) is 0.558. The summed E-state index contributed by atoms with van der Waals surface area (Å²) in [5.41, 5.74) is 4.82. The number of pyridine rings is 1. The van der Waals surface area contributed by atoms with Crippen molar-refractivity contribution in [3.8, 4) is 28.5 Å². The van der Waals surface area contributed by atoms with Crippen LogP contribution in [-0.4, -0.2) is 12.1 Å². The van der Waals surface area contributed by atoms with Crippen molar-refractivity contribution in [1.82, 2.24) is 4.98 Å². The van der Waals surface area contributed by atoms with E-state index in [4.69, 9.17) is 9.47 Å². The van der Waals surface area contributed by atoms with Crippen LogP contribution in [0.1, 0.15) is 43.2 Å². The van der Waals surface area contributed by atoms with E-state index in [2.05, 4.69) is 31.8 Å². The molecule has 0 fully saturated rings. The summed E-state index contributed by atoms with van der Waals surface area (Å²) in [7, 11) is 1.47. The van der Waals surface area contributed by atoms with Gasteiger partial charge in [-0.2, -0.15) is 0 Å². The molecule has 158 valence electrons. The van der Waals surface area contributed by atoms with Gasteiger partial charge in [-0.25, -0.2) is 4.39 Å². The number of nitrogens with one attached hydrogen (secondary N) is 1. The second kappa shape index (κ2) is 7.98. The molecule has 0 aliphatic carbocycles. The summed E-state index contributed by atoms with van der Waals surface area (Å²) in [5.74, 6) is 0.875. The molecular weight excluding hydrogens is 381 g/mol. The zero-order chi connectivity index (χ0) is 22.2. The van der Waals surface area contributed by atoms with Gasteiger partial charge in [0.1, 0.15) is 11.6 Å². The van der Waals surface area contributed by atoms with Crippen molar-refractivity contribution in [3.05, 3.63) is 74.8 Å². The molecule has 0 spiro atoms. The van der Waals surface area contributed by atoms with Gasteiger partial charge in [-0.1, -0.05) is 26.8 Å². The van der Waals surface area contributed by atoms with Crippen molar-refractivity contribution in [3.63, 3.8) is 0 Å². The van der Waals surface area contributed by atoms with E-state index >= 15 is 0 Å². The third-order valence-corrected chi connectivity index (χ3v) is 5.18. The first-order valence-corrected chi connectivity index (χ1v) is 9.88. The Bertz CT molecular complexity index is 1160. The maximum absolute atomic E-state index is 13.7. The van der Waals surface area contributed by atoms with Crippen LogP contribution in [0.15, 0.2) is 41.2 Å². The number of halogens is 1. The summed E-state index contributed by atoms with van der Waals surface area (Å²) in [4.78, 5) is 15.8. The fourth-order valence-electron chi connectivity index (χ4n) is 3.44. The van der Waals surface area contributed by atoms with Crippen molar-refractivity contribution < 1.29 is 13.9 Å². The van der Waals surface area contributed by atoms with Gasteiger partial charge < -0.3 is 14.5 Å². The molecule has 0 amide bonds. The molecule has 1 N–H and O–H groups in total. The second-order valence-corrected chi connectivity index (χ2v) is 8.63. The summed E-state index contributed by atoms with van der Waals surface area (Å²) < 4.78 is 25.3. The molecule has 0 atom stereocenters. The molecule has 1 aromatic heterocycles. The van der Waals surface area contributed by atoms with E-state index in [1.54, 1.807) is 19.1 Å². The number of aryl methyl sites for hydroxylation is 2. The van der Waals surface area contributed by atoms with Gasteiger partial charge in [0.25, 0.3) is 0 Å². The van der Waals surface area contributed by atoms with Gasteiger partial charge in [0.2, 0.25) is 0 Å². The van der Waals surface area contributed by atoms with E-state index in [1.165, 1.54) is 19.2 Å². The number of ether oxygens (including phenoxy) is 2. The lowest BCUT2D eigenvalue weighted by molar-refractivity contribution is 0.375. The van der Waals surface area contributed by atoms with Crippen molar-refractivity contribution in [2.24, 2.45) is 0 Å². The molecule has 2 aromatic carbocycles. The Labute approximate surface area is 176 Å². The first-order valence-electron chi connectivity index (χ1n) is 9.88. The smallest absolute Gasteiger partial charge is 0.185 e. The predicted octanol–water partition coefficient (Wildman–Crippen LogP) is 6.20. The van der Waals surface area contributed by atoms with E-state index in [1.807, 2.05) is 19.9 Å². The summed E-state index contributed by atoms with van der Waals surface area (Å²) >= 11 is 0. The summed E-state index contributed by atoms with van der Waals surface area (Å²) in [6.07, 6.45) is 0. The summed E-state index contributed by atoms with van der Waals surface area (Å²) in [6.45, 7) is 12.0. The fraction of sp³-hybridized carbons (Fsp3) is 0.320. The molecule has 0 aliphatic rings. The fourth-order valence-corrected chi connectivity index (χ4v) is 3.44. The minimum atomic E-state index is -0.405. The maximum Gasteiger partial charge on any atom is 0.185 e. The van der Waals surface area contributed by atoms with E-state index < -0.39 is 5.82 Å². The Morgan fingerprint density at radius 1 is 0.933 bits per heavy atom. The zero-order valence-electron chi connectivity index (χ0n) is 18.6. The lowest BCUT2D eigenvalue weighted by atomic mass is 9.84. The third kappa shape index (κ3) is 4.25. The predicted molar refractivity (Wildman–Crippen MR) is 118 cm³/mol. The van der Waals surface area contributed by atoms with Gasteiger partial charge >= 0.3 is 0 Å². The number of hydrogen-bond acceptors (Lipinski definition) is 3. The van der Waals surface area contributed by atoms with Gasteiger partial charge in [-0.15, -0.1) is 0 Å². The lowest BCUT2D eigenvalue weighted by Crippen LogP contribution is -2.13. The normalized spacial score (nSPS) is 11.5. The standard InChI is InChI=1S/C25H28FNO3/c1-14-10-17(25(4,5)6)12-22(30-20-9-8-18(26)13-21(20)29-7)23(14)24-16(3)19(28)11-15(2)27-24/h8-13H,1-7H3,(H,27,28). The van der Waals surface area contributed by atoms with Crippen LogP contribution < -0.4 is 14.9 Å². The van der Waals surface area contributed by atoms with Crippen LogP contribution in [0.2, 0.25) is 0 Å². The Morgan fingerprint density at radius 3 is 2.27 bits per heavy atom. The topological polar surface area (TPSA) is 51.3 Å². The number of benzene rings is 2. The molecule has 3 aromatic rings. The Hall–Kier alpha value is -3.08. The van der Waals surface area contributed by atoms with Crippen LogP contribution in [0.5, 0.6) is 17.2 Å². The van der Waals surface area contributed by atoms with Gasteiger partial charge in [0.15, 0.2) is 16.9 Å². The molecule has 0 bridgehead atoms. The maximum atomic E-state index is 13.7. The highest BCUT2D eigenvalue weighted by atomic mass is 19.1. The molecule has 3 rings (SSSR count). The molecule has 1 heterocycles. The average molecular weight is 410 g/mol. The summed E-state index contributed by atoms with van der Waals surface area (Å²) in [6, 6.07) is 9.84. The Balaban J connectivity index is 2.30. The van der Waals surface area contributed by atoms with Crippen LogP contribution in [-0.2, 0) is 5.41 Å². The zero-order valence-corrected chi connectivity index (χ0v) is 18.6. The van der Waals surface area contributed by atoms with Crippen LogP contribution >= 0.6 is 0 Å². The second-order valence-electron chi connectivity index (χ2n) is 8.63. The van der Waals surface area contributed by atoms with Gasteiger partial charge in [0.05, 0.1) is 12.8 Å². The van der Waals surface area contributed by atoms with E-state index in [0.29, 0.717) is 28.5 Å². The first kappa shape index (κ1) is 21.6. The number of rotatable bonds is 4. The minimum absolute atomic E-state index is 0.0362. The third-order valence-electron chi connectivity index (χ3n) is 5.18. The molecule has 0 saturated carbocycles. The molecule has 0 aliphatic heterocycles.